The number of carbonyl (C=O) groups excluding carboxylic acids is 1. The van der Waals surface area contributed by atoms with Gasteiger partial charge in [-0.05, 0) is 86.5 Å². The van der Waals surface area contributed by atoms with Crippen molar-refractivity contribution in [2.75, 3.05) is 13.1 Å². The maximum Gasteiger partial charge on any atom is 0.231 e. The number of nitrogens with zero attached hydrogens (tertiary/aromatic N) is 1. The summed E-state index contributed by atoms with van der Waals surface area (Å²) in [6.07, 6.45) is 4.55. The molecule has 1 saturated heterocycles. The largest absolute Gasteiger partial charge is 0.347 e. The molecule has 1 aliphatic carbocycles. The summed E-state index contributed by atoms with van der Waals surface area (Å²) in [5.41, 5.74) is 3.54. The van der Waals surface area contributed by atoms with E-state index in [9.17, 15) is 4.79 Å². The zero-order valence-electron chi connectivity index (χ0n) is 18.8. The lowest BCUT2D eigenvalue weighted by molar-refractivity contribution is -0.123. The molecule has 0 radical (unpaired) electrons. The van der Waals surface area contributed by atoms with E-state index in [0.29, 0.717) is 17.3 Å². The Bertz CT molecular complexity index is 1010. The molecule has 7 heteroatoms. The van der Waals surface area contributed by atoms with Crippen molar-refractivity contribution in [1.82, 2.24) is 10.6 Å². The summed E-state index contributed by atoms with van der Waals surface area (Å²) in [7, 11) is 0. The molecule has 1 heterocycles. The van der Waals surface area contributed by atoms with Crippen LogP contribution in [0.5, 0.6) is 0 Å². The number of aliphatic imine (C=N–C) groups is 1. The highest BCUT2D eigenvalue weighted by molar-refractivity contribution is 9.10. The van der Waals surface area contributed by atoms with Gasteiger partial charge in [-0.2, -0.15) is 0 Å². The first kappa shape index (κ1) is 24.7. The molecule has 1 saturated carbocycles. The average Bonchev–Trinajstić information content (AvgIpc) is 3.62. The Morgan fingerprint density at radius 3 is 2.67 bits per heavy atom. The summed E-state index contributed by atoms with van der Waals surface area (Å²) in [4.78, 5) is 18.7. The second kappa shape index (κ2) is 10.9. The van der Waals surface area contributed by atoms with Gasteiger partial charge in [0.15, 0.2) is 0 Å². The Hall–Kier alpha value is -1.40. The van der Waals surface area contributed by atoms with Gasteiger partial charge in [0, 0.05) is 27.6 Å². The molecule has 2 aromatic rings. The number of piperidine rings is 1. The monoisotopic (exact) mass is 549 g/mol. The van der Waals surface area contributed by atoms with E-state index in [1.807, 2.05) is 37.3 Å². The van der Waals surface area contributed by atoms with Gasteiger partial charge in [0.25, 0.3) is 0 Å². The molecule has 33 heavy (non-hydrogen) atoms. The Balaban J connectivity index is 1.58. The minimum Gasteiger partial charge on any atom is -0.347 e. The van der Waals surface area contributed by atoms with Gasteiger partial charge in [0.05, 0.1) is 17.5 Å². The van der Waals surface area contributed by atoms with Crippen LogP contribution in [0.15, 0.2) is 51.9 Å². The lowest BCUT2D eigenvalue weighted by atomic mass is 9.90. The van der Waals surface area contributed by atoms with E-state index in [4.69, 9.17) is 28.2 Å². The molecule has 1 amide bonds. The van der Waals surface area contributed by atoms with Gasteiger partial charge < -0.3 is 10.6 Å². The van der Waals surface area contributed by atoms with Crippen LogP contribution in [-0.2, 0) is 22.5 Å². The van der Waals surface area contributed by atoms with Crippen molar-refractivity contribution in [3.63, 3.8) is 0 Å². The maximum absolute atomic E-state index is 13.7. The third-order valence-corrected chi connectivity index (χ3v) is 7.78. The van der Waals surface area contributed by atoms with Crippen LogP contribution >= 0.6 is 39.1 Å². The number of nitrogens with one attached hydrogen (secondary N) is 2. The number of alkyl halides is 1. The van der Waals surface area contributed by atoms with Crippen molar-refractivity contribution in [2.45, 2.75) is 62.4 Å². The molecule has 0 bridgehead atoms. The van der Waals surface area contributed by atoms with Crippen LogP contribution in [0.4, 0.5) is 0 Å². The normalized spacial score (nSPS) is 20.8. The average molecular weight is 551 g/mol. The van der Waals surface area contributed by atoms with Gasteiger partial charge in [-0.1, -0.05) is 45.7 Å². The first-order valence-electron chi connectivity index (χ1n) is 11.6. The predicted octanol–water partition coefficient (Wildman–Crippen LogP) is 5.81. The van der Waals surface area contributed by atoms with Crippen LogP contribution < -0.4 is 10.6 Å². The summed E-state index contributed by atoms with van der Waals surface area (Å²) in [5, 5.41) is 7.43. The van der Waals surface area contributed by atoms with Crippen LogP contribution in [0.2, 0.25) is 5.02 Å². The van der Waals surface area contributed by atoms with Gasteiger partial charge in [-0.25, -0.2) is 0 Å². The quantitative estimate of drug-likeness (QED) is 0.322. The van der Waals surface area contributed by atoms with Crippen molar-refractivity contribution >= 4 is 50.8 Å². The number of halogens is 3. The highest BCUT2D eigenvalue weighted by Crippen LogP contribution is 2.50. The highest BCUT2D eigenvalue weighted by Gasteiger charge is 2.52. The van der Waals surface area contributed by atoms with Crippen LogP contribution in [0.25, 0.3) is 0 Å². The lowest BCUT2D eigenvalue weighted by Gasteiger charge is -2.26. The third kappa shape index (κ3) is 6.00. The van der Waals surface area contributed by atoms with Gasteiger partial charge in [-0.3, -0.25) is 9.79 Å². The minimum atomic E-state index is -0.528. The fraction of sp³-hybridized carbons (Fsp3) is 0.462. The first-order valence-corrected chi connectivity index (χ1v) is 13.3. The van der Waals surface area contributed by atoms with Crippen molar-refractivity contribution in [1.29, 1.82) is 0 Å². The fourth-order valence-electron chi connectivity index (χ4n) is 4.66. The topological polar surface area (TPSA) is 53.5 Å². The number of amides is 1. The highest BCUT2D eigenvalue weighted by atomic mass is 79.9. The molecule has 4 rings (SSSR count). The number of hydrogen-bond acceptors (Lipinski definition) is 3. The molecule has 2 N–H and O–H groups in total. The molecular weight excluding hydrogens is 521 g/mol. The summed E-state index contributed by atoms with van der Waals surface area (Å²) in [6.45, 7) is 3.99. The Morgan fingerprint density at radius 2 is 2.03 bits per heavy atom. The Labute approximate surface area is 214 Å². The fourth-order valence-corrected chi connectivity index (χ4v) is 5.34. The number of carbonyl (C=O) groups is 1. The molecule has 2 aliphatic rings. The van der Waals surface area contributed by atoms with Crippen LogP contribution in [-0.4, -0.2) is 36.8 Å². The van der Waals surface area contributed by atoms with Crippen LogP contribution in [0.1, 0.15) is 49.3 Å². The molecular formula is C26H30BrCl2N3O. The number of hydrogen-bond donors (Lipinski definition) is 2. The third-order valence-electron chi connectivity index (χ3n) is 6.73. The van der Waals surface area contributed by atoms with E-state index < -0.39 is 5.41 Å². The smallest absolute Gasteiger partial charge is 0.231 e. The SMILES string of the molecule is CC(=NC1CCCNC1)C(Cc1ccc(Br)cc1)NC(=O)C1(c2ccc(Cl)cc2CCl)CC1. The van der Waals surface area contributed by atoms with Crippen molar-refractivity contribution in [3.05, 3.63) is 68.7 Å². The second-order valence-electron chi connectivity index (χ2n) is 9.14. The van der Waals surface area contributed by atoms with Crippen molar-refractivity contribution < 1.29 is 4.79 Å². The molecule has 0 spiro atoms. The molecule has 4 nitrogen and oxygen atoms in total. The van der Waals surface area contributed by atoms with E-state index in [-0.39, 0.29) is 18.0 Å². The van der Waals surface area contributed by atoms with Gasteiger partial charge in [0.1, 0.15) is 0 Å². The summed E-state index contributed by atoms with van der Waals surface area (Å²) in [6, 6.07) is 14.0. The Kier molecular flexibility index (Phi) is 8.16. The summed E-state index contributed by atoms with van der Waals surface area (Å²) in [5.74, 6) is 0.386. The summed E-state index contributed by atoms with van der Waals surface area (Å²) < 4.78 is 1.04. The van der Waals surface area contributed by atoms with Crippen LogP contribution in [0.3, 0.4) is 0 Å². The zero-order chi connectivity index (χ0) is 23.4. The Morgan fingerprint density at radius 1 is 1.27 bits per heavy atom. The van der Waals surface area contributed by atoms with E-state index in [1.165, 1.54) is 0 Å². The molecule has 1 aliphatic heterocycles. The van der Waals surface area contributed by atoms with Crippen LogP contribution in [0, 0.1) is 0 Å². The molecule has 2 atom stereocenters. The lowest BCUT2D eigenvalue weighted by Crippen LogP contribution is -2.47. The van der Waals surface area contributed by atoms with E-state index in [1.54, 1.807) is 0 Å². The van der Waals surface area contributed by atoms with Gasteiger partial charge in [0.2, 0.25) is 5.91 Å². The van der Waals surface area contributed by atoms with E-state index in [2.05, 4.69) is 38.7 Å². The molecule has 0 aromatic heterocycles. The molecule has 2 unspecified atom stereocenters. The molecule has 2 fully saturated rings. The first-order chi connectivity index (χ1) is 15.9. The van der Waals surface area contributed by atoms with Gasteiger partial charge >= 0.3 is 0 Å². The minimum absolute atomic E-state index is 0.0506. The maximum atomic E-state index is 13.7. The van der Waals surface area contributed by atoms with Crippen molar-refractivity contribution in [3.8, 4) is 0 Å². The van der Waals surface area contributed by atoms with Crippen molar-refractivity contribution in [2.24, 2.45) is 4.99 Å². The zero-order valence-corrected chi connectivity index (χ0v) is 21.9. The molecule has 2 aromatic carbocycles. The number of rotatable bonds is 8. The summed E-state index contributed by atoms with van der Waals surface area (Å²) >= 11 is 15.9. The molecule has 176 valence electrons. The van der Waals surface area contributed by atoms with E-state index >= 15 is 0 Å². The van der Waals surface area contributed by atoms with Gasteiger partial charge in [-0.15, -0.1) is 11.6 Å². The second-order valence-corrected chi connectivity index (χ2v) is 10.8. The predicted molar refractivity (Wildman–Crippen MR) is 141 cm³/mol. The standard InChI is InChI=1S/C26H30BrCl2N3O/c1-17(31-22-3-2-12-30-16-22)24(13-18-4-6-20(27)7-5-18)32-25(33)26(10-11-26)23-9-8-21(29)14-19(23)15-28/h4-9,14,22,24,30H,2-3,10-13,15-16H2,1H3,(H,32,33). The van der Waals surface area contributed by atoms with E-state index in [0.717, 1.165) is 65.6 Å². The number of benzene rings is 2.